The van der Waals surface area contributed by atoms with E-state index in [-0.39, 0.29) is 25.5 Å². The van der Waals surface area contributed by atoms with Gasteiger partial charge >= 0.3 is 12.1 Å². The molecule has 0 aliphatic carbocycles. The number of esters is 1. The number of anilines is 1. The zero-order chi connectivity index (χ0) is 20.1. The molecule has 28 heavy (non-hydrogen) atoms. The number of nitrogens with zero attached hydrogens (tertiary/aromatic N) is 1. The first-order valence-electron chi connectivity index (χ1n) is 8.81. The van der Waals surface area contributed by atoms with Crippen LogP contribution in [0.4, 0.5) is 10.5 Å². The van der Waals surface area contributed by atoms with Crippen LogP contribution in [0.25, 0.3) is 0 Å². The third kappa shape index (κ3) is 4.51. The van der Waals surface area contributed by atoms with Crippen LogP contribution >= 0.6 is 0 Å². The van der Waals surface area contributed by atoms with Gasteiger partial charge in [0.2, 0.25) is 5.91 Å². The van der Waals surface area contributed by atoms with Gasteiger partial charge in [0.15, 0.2) is 18.1 Å². The summed E-state index contributed by atoms with van der Waals surface area (Å²) in [6.45, 7) is 2.08. The highest BCUT2D eigenvalue weighted by Crippen LogP contribution is 2.36. The second-order valence-electron chi connectivity index (χ2n) is 6.11. The van der Waals surface area contributed by atoms with E-state index in [0.717, 1.165) is 0 Å². The summed E-state index contributed by atoms with van der Waals surface area (Å²) < 4.78 is 20.4. The zero-order valence-corrected chi connectivity index (χ0v) is 15.3. The molecule has 1 aromatic carbocycles. The molecule has 0 aromatic heterocycles. The number of amides is 3. The Morgan fingerprint density at radius 2 is 1.93 bits per heavy atom. The molecular formula is C18H20N2O8. The molecule has 1 aromatic rings. The second kappa shape index (κ2) is 8.59. The number of rotatable bonds is 5. The van der Waals surface area contributed by atoms with Gasteiger partial charge in [-0.15, -0.1) is 0 Å². The van der Waals surface area contributed by atoms with Crippen LogP contribution in [0.15, 0.2) is 18.2 Å². The quantitative estimate of drug-likeness (QED) is 0.725. The van der Waals surface area contributed by atoms with Crippen molar-refractivity contribution in [2.24, 2.45) is 5.92 Å². The van der Waals surface area contributed by atoms with Crippen LogP contribution in [0.3, 0.4) is 0 Å². The van der Waals surface area contributed by atoms with Crippen LogP contribution in [0.1, 0.15) is 13.3 Å². The van der Waals surface area contributed by atoms with Gasteiger partial charge in [0, 0.05) is 24.7 Å². The summed E-state index contributed by atoms with van der Waals surface area (Å²) in [5.74, 6) is -1.30. The predicted molar refractivity (Wildman–Crippen MR) is 94.0 cm³/mol. The van der Waals surface area contributed by atoms with Crippen LogP contribution < -0.4 is 19.7 Å². The topological polar surface area (TPSA) is 120 Å². The van der Waals surface area contributed by atoms with Crippen LogP contribution in [0, 0.1) is 5.92 Å². The van der Waals surface area contributed by atoms with Crippen molar-refractivity contribution < 1.29 is 38.1 Å². The molecular weight excluding hydrogens is 372 g/mol. The minimum atomic E-state index is -0.913. The average Bonchev–Trinajstić information content (AvgIpc) is 3.07. The van der Waals surface area contributed by atoms with Crippen LogP contribution in [0.5, 0.6) is 11.5 Å². The molecule has 0 bridgehead atoms. The molecule has 2 aliphatic heterocycles. The van der Waals surface area contributed by atoms with E-state index in [2.05, 4.69) is 4.74 Å². The maximum atomic E-state index is 12.3. The highest BCUT2D eigenvalue weighted by atomic mass is 16.6. The van der Waals surface area contributed by atoms with E-state index >= 15 is 0 Å². The summed E-state index contributed by atoms with van der Waals surface area (Å²) in [6, 6.07) is 5.11. The fourth-order valence-electron chi connectivity index (χ4n) is 2.89. The van der Waals surface area contributed by atoms with E-state index in [1.54, 1.807) is 25.1 Å². The lowest BCUT2D eigenvalue weighted by Crippen LogP contribution is -2.35. The number of ether oxygens (including phenoxy) is 4. The number of benzene rings is 1. The monoisotopic (exact) mass is 392 g/mol. The molecule has 0 radical (unpaired) electrons. The number of imide groups is 1. The number of hydrogen-bond donors (Lipinski definition) is 1. The van der Waals surface area contributed by atoms with Crippen molar-refractivity contribution in [3.63, 3.8) is 0 Å². The molecule has 0 saturated carbocycles. The Bertz CT molecular complexity index is 794. The van der Waals surface area contributed by atoms with Crippen molar-refractivity contribution in [2.75, 3.05) is 37.9 Å². The van der Waals surface area contributed by atoms with E-state index < -0.39 is 30.5 Å². The highest BCUT2D eigenvalue weighted by Gasteiger charge is 2.36. The number of carbonyl (C=O) groups excluding carboxylic acids is 4. The maximum Gasteiger partial charge on any atom is 0.413 e. The summed E-state index contributed by atoms with van der Waals surface area (Å²) in [5, 5.41) is 1.92. The van der Waals surface area contributed by atoms with Gasteiger partial charge in [-0.2, -0.15) is 0 Å². The summed E-state index contributed by atoms with van der Waals surface area (Å²) in [7, 11) is 0. The maximum absolute atomic E-state index is 12.3. The number of carbonyl (C=O) groups is 4. The normalized spacial score (nSPS) is 17.8. The third-order valence-corrected chi connectivity index (χ3v) is 4.16. The molecule has 10 nitrogen and oxygen atoms in total. The molecule has 0 spiro atoms. The van der Waals surface area contributed by atoms with Gasteiger partial charge in [-0.3, -0.25) is 19.7 Å². The third-order valence-electron chi connectivity index (χ3n) is 4.16. The first-order valence-corrected chi connectivity index (χ1v) is 8.81. The number of nitrogens with one attached hydrogen (secondary N) is 1. The number of fused-ring (bicyclic) bond motifs is 1. The van der Waals surface area contributed by atoms with Crippen molar-refractivity contribution in [2.45, 2.75) is 13.3 Å². The SMILES string of the molecule is CCOC(=O)NC(=O)COC(=O)[C@H]1CC(=O)N(c2ccc3c(c2)OCCO3)C1. The van der Waals surface area contributed by atoms with E-state index in [9.17, 15) is 19.2 Å². The highest BCUT2D eigenvalue weighted by molar-refractivity contribution is 6.00. The molecule has 0 unspecified atom stereocenters. The van der Waals surface area contributed by atoms with Crippen LogP contribution in [0.2, 0.25) is 0 Å². The van der Waals surface area contributed by atoms with Gasteiger partial charge < -0.3 is 23.8 Å². The summed E-state index contributed by atoms with van der Waals surface area (Å²) in [4.78, 5) is 48.6. The molecule has 1 atom stereocenters. The second-order valence-corrected chi connectivity index (χ2v) is 6.11. The average molecular weight is 392 g/mol. The van der Waals surface area contributed by atoms with Crippen molar-refractivity contribution in [3.8, 4) is 11.5 Å². The van der Waals surface area contributed by atoms with Crippen molar-refractivity contribution in [1.29, 1.82) is 0 Å². The van der Waals surface area contributed by atoms with E-state index in [4.69, 9.17) is 14.2 Å². The minimum Gasteiger partial charge on any atom is -0.486 e. The first kappa shape index (κ1) is 19.5. The van der Waals surface area contributed by atoms with E-state index in [0.29, 0.717) is 30.4 Å². The molecule has 10 heteroatoms. The van der Waals surface area contributed by atoms with Crippen LogP contribution in [-0.4, -0.2) is 56.8 Å². The molecule has 1 saturated heterocycles. The standard InChI is InChI=1S/C18H20N2O8/c1-2-25-18(24)19-15(21)10-28-17(23)11-7-16(22)20(9-11)12-3-4-13-14(8-12)27-6-5-26-13/h3-4,8,11H,2,5-7,9-10H2,1H3,(H,19,21,24)/t11-/m0/s1. The Morgan fingerprint density at radius 1 is 1.18 bits per heavy atom. The molecule has 2 aliphatic rings. The van der Waals surface area contributed by atoms with Crippen molar-refractivity contribution in [3.05, 3.63) is 18.2 Å². The lowest BCUT2D eigenvalue weighted by Gasteiger charge is -2.22. The summed E-state index contributed by atoms with van der Waals surface area (Å²) in [6.07, 6.45) is -0.948. The minimum absolute atomic E-state index is 0.0349. The number of hydrogen-bond acceptors (Lipinski definition) is 8. The van der Waals surface area contributed by atoms with Crippen molar-refractivity contribution >= 4 is 29.6 Å². The fraction of sp³-hybridized carbons (Fsp3) is 0.444. The van der Waals surface area contributed by atoms with E-state index in [1.165, 1.54) is 4.90 Å². The van der Waals surface area contributed by atoms with Crippen LogP contribution in [-0.2, 0) is 23.9 Å². The van der Waals surface area contributed by atoms with Crippen molar-refractivity contribution in [1.82, 2.24) is 5.32 Å². The van der Waals surface area contributed by atoms with Gasteiger partial charge in [0.05, 0.1) is 12.5 Å². The molecule has 1 N–H and O–H groups in total. The van der Waals surface area contributed by atoms with E-state index in [1.807, 2.05) is 5.32 Å². The Labute approximate surface area is 160 Å². The zero-order valence-electron chi connectivity index (χ0n) is 15.3. The Hall–Kier alpha value is -3.30. The van der Waals surface area contributed by atoms with Gasteiger partial charge in [-0.1, -0.05) is 0 Å². The first-order chi connectivity index (χ1) is 13.5. The molecule has 150 valence electrons. The van der Waals surface area contributed by atoms with Gasteiger partial charge in [-0.25, -0.2) is 4.79 Å². The molecule has 2 heterocycles. The van der Waals surface area contributed by atoms with Gasteiger partial charge in [0.1, 0.15) is 13.2 Å². The Balaban J connectivity index is 1.54. The molecule has 3 amide bonds. The molecule has 1 fully saturated rings. The predicted octanol–water partition coefficient (Wildman–Crippen LogP) is 0.627. The molecule has 3 rings (SSSR count). The Morgan fingerprint density at radius 3 is 2.68 bits per heavy atom. The summed E-state index contributed by atoms with van der Waals surface area (Å²) in [5.41, 5.74) is 0.588. The lowest BCUT2D eigenvalue weighted by molar-refractivity contribution is -0.152. The number of alkyl carbamates (subject to hydrolysis) is 1. The largest absolute Gasteiger partial charge is 0.486 e. The van der Waals surface area contributed by atoms with Gasteiger partial charge in [0.25, 0.3) is 5.91 Å². The lowest BCUT2D eigenvalue weighted by atomic mass is 10.1. The summed E-state index contributed by atoms with van der Waals surface area (Å²) >= 11 is 0. The van der Waals surface area contributed by atoms with Gasteiger partial charge in [-0.05, 0) is 19.1 Å². The fourth-order valence-corrected chi connectivity index (χ4v) is 2.89. The smallest absolute Gasteiger partial charge is 0.413 e. The Kier molecular flexibility index (Phi) is 5.97.